The molecule has 13 heavy (non-hydrogen) atoms. The van der Waals surface area contributed by atoms with Crippen molar-refractivity contribution in [3.63, 3.8) is 0 Å². The van der Waals surface area contributed by atoms with Gasteiger partial charge in [0, 0.05) is 6.42 Å². The predicted molar refractivity (Wildman–Crippen MR) is 53.4 cm³/mol. The first-order valence-corrected chi connectivity index (χ1v) is 5.29. The lowest BCUT2D eigenvalue weighted by molar-refractivity contribution is -0.116. The van der Waals surface area contributed by atoms with Crippen molar-refractivity contribution < 1.29 is 4.79 Å². The van der Waals surface area contributed by atoms with Crippen molar-refractivity contribution in [2.24, 2.45) is 11.3 Å². The van der Waals surface area contributed by atoms with Crippen molar-refractivity contribution in [3.8, 4) is 0 Å². The van der Waals surface area contributed by atoms with Crippen LogP contribution >= 0.6 is 0 Å². The number of hydrogen-bond donors (Lipinski definition) is 0. The Hall–Kier alpha value is -0.590. The SMILES string of the molecule is CC1=C2CC[C@H](C)[C@@]2(C)CCC1=O. The second kappa shape index (κ2) is 2.70. The summed E-state index contributed by atoms with van der Waals surface area (Å²) in [7, 11) is 0. The van der Waals surface area contributed by atoms with Gasteiger partial charge in [0.1, 0.15) is 0 Å². The van der Waals surface area contributed by atoms with Gasteiger partial charge in [-0.25, -0.2) is 0 Å². The molecule has 0 saturated heterocycles. The van der Waals surface area contributed by atoms with Gasteiger partial charge < -0.3 is 0 Å². The molecule has 0 radical (unpaired) electrons. The lowest BCUT2D eigenvalue weighted by atomic mass is 9.69. The van der Waals surface area contributed by atoms with Gasteiger partial charge in [0.15, 0.2) is 5.78 Å². The maximum atomic E-state index is 11.5. The number of allylic oxidation sites excluding steroid dienone is 2. The molecule has 0 bridgehead atoms. The van der Waals surface area contributed by atoms with E-state index in [1.165, 1.54) is 12.0 Å². The van der Waals surface area contributed by atoms with Gasteiger partial charge in [0.2, 0.25) is 0 Å². The molecule has 1 heteroatoms. The summed E-state index contributed by atoms with van der Waals surface area (Å²) < 4.78 is 0. The van der Waals surface area contributed by atoms with Crippen molar-refractivity contribution in [2.75, 3.05) is 0 Å². The van der Waals surface area contributed by atoms with Crippen molar-refractivity contribution >= 4 is 5.78 Å². The Balaban J connectivity index is 2.48. The third-order valence-corrected chi connectivity index (χ3v) is 4.35. The van der Waals surface area contributed by atoms with Gasteiger partial charge in [0.05, 0.1) is 0 Å². The second-order valence-corrected chi connectivity index (χ2v) is 4.88. The predicted octanol–water partition coefficient (Wildman–Crippen LogP) is 3.10. The molecule has 0 amide bonds. The normalized spacial score (nSPS) is 39.6. The van der Waals surface area contributed by atoms with Gasteiger partial charge in [-0.3, -0.25) is 4.79 Å². The molecule has 0 aromatic rings. The van der Waals surface area contributed by atoms with Crippen LogP contribution in [-0.4, -0.2) is 5.78 Å². The maximum Gasteiger partial charge on any atom is 0.158 e. The van der Waals surface area contributed by atoms with Crippen LogP contribution in [0.4, 0.5) is 0 Å². The van der Waals surface area contributed by atoms with E-state index in [1.54, 1.807) is 0 Å². The molecule has 0 heterocycles. The molecule has 0 unspecified atom stereocenters. The third-order valence-electron chi connectivity index (χ3n) is 4.35. The summed E-state index contributed by atoms with van der Waals surface area (Å²) >= 11 is 0. The van der Waals surface area contributed by atoms with Gasteiger partial charge in [0.25, 0.3) is 0 Å². The summed E-state index contributed by atoms with van der Waals surface area (Å²) in [5.41, 5.74) is 2.91. The van der Waals surface area contributed by atoms with Crippen LogP contribution in [-0.2, 0) is 4.79 Å². The fraction of sp³-hybridized carbons (Fsp3) is 0.750. The fourth-order valence-corrected chi connectivity index (χ4v) is 3.00. The van der Waals surface area contributed by atoms with E-state index >= 15 is 0 Å². The second-order valence-electron chi connectivity index (χ2n) is 4.88. The number of ketones is 1. The molecule has 2 aliphatic rings. The number of hydrogen-bond acceptors (Lipinski definition) is 1. The van der Waals surface area contributed by atoms with Crippen LogP contribution in [0.1, 0.15) is 46.5 Å². The first-order valence-electron chi connectivity index (χ1n) is 5.29. The van der Waals surface area contributed by atoms with E-state index in [0.29, 0.717) is 11.2 Å². The minimum atomic E-state index is 0.359. The molecular weight excluding hydrogens is 160 g/mol. The zero-order valence-corrected chi connectivity index (χ0v) is 8.81. The van der Waals surface area contributed by atoms with Crippen LogP contribution in [0.25, 0.3) is 0 Å². The molecule has 72 valence electrons. The largest absolute Gasteiger partial charge is 0.295 e. The number of fused-ring (bicyclic) bond motifs is 1. The van der Waals surface area contributed by atoms with Gasteiger partial charge in [-0.05, 0) is 43.1 Å². The Morgan fingerprint density at radius 2 is 2.08 bits per heavy atom. The highest BCUT2D eigenvalue weighted by Gasteiger charge is 2.43. The maximum absolute atomic E-state index is 11.5. The Labute approximate surface area is 80.2 Å². The summed E-state index contributed by atoms with van der Waals surface area (Å²) in [4.78, 5) is 11.5. The average molecular weight is 178 g/mol. The Kier molecular flexibility index (Phi) is 1.86. The number of rotatable bonds is 0. The van der Waals surface area contributed by atoms with Crippen LogP contribution in [0.5, 0.6) is 0 Å². The van der Waals surface area contributed by atoms with Crippen molar-refractivity contribution in [2.45, 2.75) is 46.5 Å². The van der Waals surface area contributed by atoms with E-state index in [4.69, 9.17) is 0 Å². The molecule has 0 aromatic heterocycles. The van der Waals surface area contributed by atoms with Gasteiger partial charge in [-0.2, -0.15) is 0 Å². The summed E-state index contributed by atoms with van der Waals surface area (Å²) in [5.74, 6) is 1.16. The summed E-state index contributed by atoms with van der Waals surface area (Å²) in [6.07, 6.45) is 4.29. The van der Waals surface area contributed by atoms with Crippen LogP contribution in [0.15, 0.2) is 11.1 Å². The molecule has 2 rings (SSSR count). The van der Waals surface area contributed by atoms with Crippen LogP contribution < -0.4 is 0 Å². The van der Waals surface area contributed by atoms with Crippen LogP contribution in [0.2, 0.25) is 0 Å². The van der Waals surface area contributed by atoms with E-state index in [1.807, 2.05) is 6.92 Å². The molecule has 2 atom stereocenters. The lowest BCUT2D eigenvalue weighted by Crippen LogP contribution is -2.28. The summed E-state index contributed by atoms with van der Waals surface area (Å²) in [6.45, 7) is 6.69. The summed E-state index contributed by atoms with van der Waals surface area (Å²) in [5, 5.41) is 0. The molecule has 1 saturated carbocycles. The Morgan fingerprint density at radius 1 is 1.38 bits per heavy atom. The van der Waals surface area contributed by atoms with Crippen molar-refractivity contribution in [1.82, 2.24) is 0 Å². The topological polar surface area (TPSA) is 17.1 Å². The van der Waals surface area contributed by atoms with E-state index < -0.39 is 0 Å². The van der Waals surface area contributed by atoms with Crippen molar-refractivity contribution in [1.29, 1.82) is 0 Å². The fourth-order valence-electron chi connectivity index (χ4n) is 3.00. The molecule has 1 fully saturated rings. The standard InChI is InChI=1S/C12H18O/c1-8-4-5-10-9(2)11(13)6-7-12(8,10)3/h8H,4-7H2,1-3H3/t8-,12+/m0/s1. The van der Waals surface area contributed by atoms with E-state index in [0.717, 1.165) is 30.8 Å². The molecule has 0 N–H and O–H groups in total. The molecule has 0 aromatic carbocycles. The number of Topliss-reactive ketones (excluding diaryl/α,β-unsaturated/α-hetero) is 1. The highest BCUT2D eigenvalue weighted by atomic mass is 16.1. The number of carbonyl (C=O) groups is 1. The average Bonchev–Trinajstić information content (AvgIpc) is 2.39. The van der Waals surface area contributed by atoms with Crippen LogP contribution in [0, 0.1) is 11.3 Å². The summed E-state index contributed by atoms with van der Waals surface area (Å²) in [6, 6.07) is 0. The molecule has 2 aliphatic carbocycles. The molecule has 1 nitrogen and oxygen atoms in total. The minimum Gasteiger partial charge on any atom is -0.295 e. The minimum absolute atomic E-state index is 0.359. The molecule has 0 aliphatic heterocycles. The monoisotopic (exact) mass is 178 g/mol. The third kappa shape index (κ3) is 1.09. The van der Waals surface area contributed by atoms with E-state index in [-0.39, 0.29) is 0 Å². The molecular formula is C12H18O. The smallest absolute Gasteiger partial charge is 0.158 e. The van der Waals surface area contributed by atoms with Crippen LogP contribution in [0.3, 0.4) is 0 Å². The quantitative estimate of drug-likeness (QED) is 0.557. The zero-order valence-electron chi connectivity index (χ0n) is 8.81. The lowest BCUT2D eigenvalue weighted by Gasteiger charge is -2.35. The van der Waals surface area contributed by atoms with E-state index in [2.05, 4.69) is 13.8 Å². The first-order chi connectivity index (χ1) is 6.05. The van der Waals surface area contributed by atoms with Gasteiger partial charge >= 0.3 is 0 Å². The first kappa shape index (κ1) is 8.98. The highest BCUT2D eigenvalue weighted by Crippen LogP contribution is 2.53. The van der Waals surface area contributed by atoms with Crippen molar-refractivity contribution in [3.05, 3.63) is 11.1 Å². The van der Waals surface area contributed by atoms with Gasteiger partial charge in [-0.15, -0.1) is 0 Å². The van der Waals surface area contributed by atoms with E-state index in [9.17, 15) is 4.79 Å². The Bertz CT molecular complexity index is 287. The molecule has 0 spiro atoms. The number of carbonyl (C=O) groups excluding carboxylic acids is 1. The zero-order chi connectivity index (χ0) is 9.64. The highest BCUT2D eigenvalue weighted by molar-refractivity contribution is 5.96. The Morgan fingerprint density at radius 3 is 2.77 bits per heavy atom. The van der Waals surface area contributed by atoms with Gasteiger partial charge in [-0.1, -0.05) is 19.4 Å².